The summed E-state index contributed by atoms with van der Waals surface area (Å²) in [5, 5.41) is 6.11. The molecule has 3 amide bonds. The van der Waals surface area contributed by atoms with E-state index >= 15 is 0 Å². The minimum atomic E-state index is -1.38. The van der Waals surface area contributed by atoms with Crippen LogP contribution in [-0.4, -0.2) is 23.4 Å². The highest BCUT2D eigenvalue weighted by Gasteiger charge is 2.50. The highest BCUT2D eigenvalue weighted by Crippen LogP contribution is 2.28. The van der Waals surface area contributed by atoms with Gasteiger partial charge in [-0.2, -0.15) is 5.10 Å². The first kappa shape index (κ1) is 17.3. The van der Waals surface area contributed by atoms with Crippen molar-refractivity contribution in [3.8, 4) is 0 Å². The summed E-state index contributed by atoms with van der Waals surface area (Å²) in [6, 6.07) is 14.1. The molecule has 0 aromatic heterocycles. The van der Waals surface area contributed by atoms with Gasteiger partial charge in [0.25, 0.3) is 11.8 Å². The van der Waals surface area contributed by atoms with Gasteiger partial charge in [-0.1, -0.05) is 36.4 Å². The number of para-hydroxylation sites is 2. The minimum Gasteiger partial charge on any atom is -0.325 e. The molecule has 0 spiro atoms. The van der Waals surface area contributed by atoms with E-state index in [4.69, 9.17) is 5.84 Å². The number of amides is 3. The summed E-state index contributed by atoms with van der Waals surface area (Å²) in [6.07, 6.45) is 0. The number of benzene rings is 2. The van der Waals surface area contributed by atoms with E-state index in [2.05, 4.69) is 10.4 Å². The minimum absolute atomic E-state index is 0.274. The number of nitrogens with zero attached hydrogens (tertiary/aromatic N) is 2. The molecule has 2 aromatic rings. The Hall–Kier alpha value is -3.48. The number of hydrogen-bond acceptors (Lipinski definition) is 5. The van der Waals surface area contributed by atoms with Gasteiger partial charge in [-0.25, -0.2) is 4.90 Å². The Morgan fingerprint density at radius 3 is 2.27 bits per heavy atom. The fourth-order valence-electron chi connectivity index (χ4n) is 2.91. The lowest BCUT2D eigenvalue weighted by molar-refractivity contribution is -0.127. The molecule has 1 unspecified atom stereocenters. The number of carbonyl (C=O) groups is 3. The molecule has 0 aliphatic carbocycles. The molecule has 7 heteroatoms. The molecule has 0 saturated carbocycles. The van der Waals surface area contributed by atoms with E-state index in [1.807, 2.05) is 19.1 Å². The molecule has 0 bridgehead atoms. The van der Waals surface area contributed by atoms with Crippen LogP contribution in [0.3, 0.4) is 0 Å². The quantitative estimate of drug-likeness (QED) is 0.381. The third-order valence-corrected chi connectivity index (χ3v) is 4.32. The van der Waals surface area contributed by atoms with Gasteiger partial charge in [0.1, 0.15) is 5.71 Å². The Morgan fingerprint density at radius 2 is 1.65 bits per heavy atom. The van der Waals surface area contributed by atoms with E-state index in [9.17, 15) is 14.4 Å². The molecule has 0 radical (unpaired) electrons. The molecule has 1 saturated heterocycles. The Balaban J connectivity index is 1.96. The largest absolute Gasteiger partial charge is 0.325 e. The second-order valence-corrected chi connectivity index (χ2v) is 6.02. The zero-order valence-electron chi connectivity index (χ0n) is 14.4. The number of hydrogen-bond donors (Lipinski definition) is 2. The third-order valence-electron chi connectivity index (χ3n) is 4.32. The van der Waals surface area contributed by atoms with Crippen molar-refractivity contribution in [1.82, 2.24) is 0 Å². The van der Waals surface area contributed by atoms with Gasteiger partial charge in [0.15, 0.2) is 5.92 Å². The van der Waals surface area contributed by atoms with Crippen LogP contribution in [0.4, 0.5) is 11.4 Å². The lowest BCUT2D eigenvalue weighted by Gasteiger charge is -2.16. The number of hydrazone groups is 1. The molecule has 2 aromatic carbocycles. The second-order valence-electron chi connectivity index (χ2n) is 6.02. The van der Waals surface area contributed by atoms with Gasteiger partial charge in [-0.05, 0) is 37.1 Å². The summed E-state index contributed by atoms with van der Waals surface area (Å²) in [6.45, 7) is 3.60. The molecule has 7 nitrogen and oxygen atoms in total. The number of anilines is 2. The third kappa shape index (κ3) is 2.83. The van der Waals surface area contributed by atoms with E-state index in [1.165, 1.54) is 0 Å². The van der Waals surface area contributed by atoms with Gasteiger partial charge in [0.05, 0.1) is 5.69 Å². The van der Waals surface area contributed by atoms with Crippen LogP contribution < -0.4 is 16.1 Å². The summed E-state index contributed by atoms with van der Waals surface area (Å²) in [5.74, 6) is 1.95. The predicted molar refractivity (Wildman–Crippen MR) is 98.6 cm³/mol. The Bertz CT molecular complexity index is 936. The molecular weight excluding hydrogens is 332 g/mol. The number of imide groups is 1. The maximum atomic E-state index is 12.9. The SMILES string of the molecule is Cc1ccccc1NC(=O)C1C(=O)N(c2ccccc2C)C(=O)/C1=N/N. The first-order valence-corrected chi connectivity index (χ1v) is 8.04. The zero-order chi connectivity index (χ0) is 18.8. The van der Waals surface area contributed by atoms with Crippen LogP contribution in [0, 0.1) is 19.8 Å². The van der Waals surface area contributed by atoms with Gasteiger partial charge in [-0.15, -0.1) is 0 Å². The molecule has 3 rings (SSSR count). The summed E-state index contributed by atoms with van der Waals surface area (Å²) in [7, 11) is 0. The van der Waals surface area contributed by atoms with Crippen molar-refractivity contribution >= 4 is 34.8 Å². The van der Waals surface area contributed by atoms with Crippen LogP contribution in [0.25, 0.3) is 0 Å². The van der Waals surface area contributed by atoms with Crippen molar-refractivity contribution in [2.75, 3.05) is 10.2 Å². The van der Waals surface area contributed by atoms with Crippen molar-refractivity contribution in [2.45, 2.75) is 13.8 Å². The van der Waals surface area contributed by atoms with Gasteiger partial charge >= 0.3 is 0 Å². The summed E-state index contributed by atoms with van der Waals surface area (Å²) >= 11 is 0. The summed E-state index contributed by atoms with van der Waals surface area (Å²) in [5.41, 5.74) is 2.26. The van der Waals surface area contributed by atoms with Crippen LogP contribution in [0.5, 0.6) is 0 Å². The Labute approximate surface area is 150 Å². The van der Waals surface area contributed by atoms with Crippen LogP contribution in [-0.2, 0) is 14.4 Å². The molecule has 26 heavy (non-hydrogen) atoms. The molecule has 1 heterocycles. The predicted octanol–water partition coefficient (Wildman–Crippen LogP) is 1.75. The van der Waals surface area contributed by atoms with Crippen LogP contribution in [0.2, 0.25) is 0 Å². The maximum absolute atomic E-state index is 12.9. The number of rotatable bonds is 3. The summed E-state index contributed by atoms with van der Waals surface area (Å²) < 4.78 is 0. The lowest BCUT2D eigenvalue weighted by Crippen LogP contribution is -2.35. The highest BCUT2D eigenvalue weighted by atomic mass is 16.2. The average Bonchev–Trinajstić information content (AvgIpc) is 2.87. The molecule has 3 N–H and O–H groups in total. The normalized spacial score (nSPS) is 18.5. The fourth-order valence-corrected chi connectivity index (χ4v) is 2.91. The van der Waals surface area contributed by atoms with Crippen LogP contribution >= 0.6 is 0 Å². The van der Waals surface area contributed by atoms with Gasteiger partial charge in [0.2, 0.25) is 5.91 Å². The van der Waals surface area contributed by atoms with E-state index in [-0.39, 0.29) is 5.71 Å². The van der Waals surface area contributed by atoms with Gasteiger partial charge in [0, 0.05) is 5.69 Å². The molecule has 1 fully saturated rings. The van der Waals surface area contributed by atoms with E-state index in [0.717, 1.165) is 16.0 Å². The topological polar surface area (TPSA) is 105 Å². The lowest BCUT2D eigenvalue weighted by atomic mass is 10.0. The van der Waals surface area contributed by atoms with Crippen molar-refractivity contribution in [1.29, 1.82) is 0 Å². The van der Waals surface area contributed by atoms with Crippen molar-refractivity contribution < 1.29 is 14.4 Å². The molecule has 1 aliphatic heterocycles. The first-order chi connectivity index (χ1) is 12.5. The first-order valence-electron chi connectivity index (χ1n) is 8.04. The van der Waals surface area contributed by atoms with Gasteiger partial charge < -0.3 is 11.2 Å². The maximum Gasteiger partial charge on any atom is 0.282 e. The highest BCUT2D eigenvalue weighted by molar-refractivity contribution is 6.61. The van der Waals surface area contributed by atoms with E-state index < -0.39 is 23.6 Å². The number of aryl methyl sites for hydroxylation is 2. The Morgan fingerprint density at radius 1 is 1.04 bits per heavy atom. The van der Waals surface area contributed by atoms with Crippen LogP contribution in [0.15, 0.2) is 53.6 Å². The fraction of sp³-hybridized carbons (Fsp3) is 0.158. The van der Waals surface area contributed by atoms with Gasteiger partial charge in [-0.3, -0.25) is 14.4 Å². The van der Waals surface area contributed by atoms with Crippen molar-refractivity contribution in [3.63, 3.8) is 0 Å². The standard InChI is InChI=1S/C19H18N4O3/c1-11-7-3-5-9-13(11)21-17(24)15-16(22-20)19(26)23(18(15)25)14-10-6-4-8-12(14)2/h3-10,15H,20H2,1-2H3,(H,21,24)/b22-16+. The number of nitrogens with two attached hydrogens (primary N) is 1. The monoisotopic (exact) mass is 350 g/mol. The average molecular weight is 350 g/mol. The molecule has 1 aliphatic rings. The number of carbonyl (C=O) groups excluding carboxylic acids is 3. The summed E-state index contributed by atoms with van der Waals surface area (Å²) in [4.78, 5) is 39.2. The molecular formula is C19H18N4O3. The number of nitrogens with one attached hydrogen (secondary N) is 1. The molecule has 1 atom stereocenters. The second kappa shape index (κ2) is 6.79. The van der Waals surface area contributed by atoms with Crippen LogP contribution in [0.1, 0.15) is 11.1 Å². The Kier molecular flexibility index (Phi) is 4.53. The van der Waals surface area contributed by atoms with Crippen molar-refractivity contribution in [3.05, 3.63) is 59.7 Å². The zero-order valence-corrected chi connectivity index (χ0v) is 14.4. The van der Waals surface area contributed by atoms with Crippen molar-refractivity contribution in [2.24, 2.45) is 16.9 Å². The van der Waals surface area contributed by atoms with E-state index in [0.29, 0.717) is 11.4 Å². The smallest absolute Gasteiger partial charge is 0.282 e. The van der Waals surface area contributed by atoms with E-state index in [1.54, 1.807) is 43.3 Å². The molecule has 132 valence electrons.